The number of hydrogen-bond acceptors (Lipinski definition) is 4. The van der Waals surface area contributed by atoms with E-state index in [1.165, 1.54) is 0 Å². The lowest BCUT2D eigenvalue weighted by Crippen LogP contribution is -2.49. The Kier molecular flexibility index (Phi) is 5.38. The maximum absolute atomic E-state index is 12.2. The molecule has 0 aromatic heterocycles. The summed E-state index contributed by atoms with van der Waals surface area (Å²) in [6, 6.07) is -0.205. The van der Waals surface area contributed by atoms with Crippen molar-refractivity contribution in [3.8, 4) is 0 Å². The van der Waals surface area contributed by atoms with E-state index in [4.69, 9.17) is 5.73 Å². The van der Waals surface area contributed by atoms with Gasteiger partial charge in [-0.25, -0.2) is 8.42 Å². The third-order valence-electron chi connectivity index (χ3n) is 3.83. The van der Waals surface area contributed by atoms with Crippen molar-refractivity contribution in [2.45, 2.75) is 46.1 Å². The summed E-state index contributed by atoms with van der Waals surface area (Å²) in [7, 11) is -2.96. The van der Waals surface area contributed by atoms with E-state index in [9.17, 15) is 13.2 Å². The molecule has 0 bridgehead atoms. The highest BCUT2D eigenvalue weighted by molar-refractivity contribution is 7.91. The second-order valence-electron chi connectivity index (χ2n) is 6.25. The highest BCUT2D eigenvalue weighted by atomic mass is 32.2. The van der Waals surface area contributed by atoms with Gasteiger partial charge in [0.05, 0.1) is 11.5 Å². The first-order valence-electron chi connectivity index (χ1n) is 6.87. The molecule has 1 aliphatic rings. The van der Waals surface area contributed by atoms with Crippen LogP contribution in [0.3, 0.4) is 0 Å². The lowest BCUT2D eigenvalue weighted by Gasteiger charge is -2.34. The molecule has 0 aliphatic carbocycles. The van der Waals surface area contributed by atoms with Gasteiger partial charge in [0.1, 0.15) is 0 Å². The molecule has 1 aliphatic heterocycles. The van der Waals surface area contributed by atoms with Gasteiger partial charge in [-0.1, -0.05) is 13.8 Å². The number of carbonyl (C=O) groups is 1. The average molecular weight is 290 g/mol. The normalized spacial score (nSPS) is 23.4. The molecule has 0 radical (unpaired) electrons. The summed E-state index contributed by atoms with van der Waals surface area (Å²) in [5.41, 5.74) is 5.62. The standard InChI is InChI=1S/C13H26N2O3S/c1-11-10-19(17,18)9-8-15(11)12(16)4-5-13(2,3)6-7-14/h11H,4-10,14H2,1-3H3. The highest BCUT2D eigenvalue weighted by Gasteiger charge is 2.31. The molecule has 0 saturated carbocycles. The van der Waals surface area contributed by atoms with Gasteiger partial charge in [0.15, 0.2) is 9.84 Å². The molecule has 1 fully saturated rings. The summed E-state index contributed by atoms with van der Waals surface area (Å²) in [6.07, 6.45) is 2.15. The zero-order valence-electron chi connectivity index (χ0n) is 12.2. The van der Waals surface area contributed by atoms with E-state index in [-0.39, 0.29) is 28.9 Å². The lowest BCUT2D eigenvalue weighted by molar-refractivity contribution is -0.133. The molecule has 1 heterocycles. The smallest absolute Gasteiger partial charge is 0.222 e. The minimum absolute atomic E-state index is 0.0625. The molecule has 1 rings (SSSR count). The summed E-state index contributed by atoms with van der Waals surface area (Å²) in [4.78, 5) is 13.9. The molecule has 112 valence electrons. The number of amides is 1. The van der Waals surface area contributed by atoms with Crippen LogP contribution >= 0.6 is 0 Å². The molecular formula is C13H26N2O3S. The number of rotatable bonds is 5. The van der Waals surface area contributed by atoms with Gasteiger partial charge in [-0.2, -0.15) is 0 Å². The molecule has 0 aromatic rings. The van der Waals surface area contributed by atoms with Gasteiger partial charge in [-0.3, -0.25) is 4.79 Å². The molecule has 1 atom stereocenters. The van der Waals surface area contributed by atoms with Crippen LogP contribution in [0.4, 0.5) is 0 Å². The first-order valence-corrected chi connectivity index (χ1v) is 8.69. The molecule has 2 N–H and O–H groups in total. The van der Waals surface area contributed by atoms with Crippen LogP contribution in [-0.2, 0) is 14.6 Å². The molecular weight excluding hydrogens is 264 g/mol. The van der Waals surface area contributed by atoms with Crippen molar-refractivity contribution in [3.05, 3.63) is 0 Å². The van der Waals surface area contributed by atoms with Crippen LogP contribution in [0.2, 0.25) is 0 Å². The summed E-state index contributed by atoms with van der Waals surface area (Å²) < 4.78 is 23.0. The zero-order valence-corrected chi connectivity index (χ0v) is 13.0. The lowest BCUT2D eigenvalue weighted by atomic mass is 9.84. The maximum atomic E-state index is 12.2. The first kappa shape index (κ1) is 16.4. The Morgan fingerprint density at radius 2 is 2.00 bits per heavy atom. The number of nitrogens with zero attached hydrogens (tertiary/aromatic N) is 1. The molecule has 6 heteroatoms. The van der Waals surface area contributed by atoms with Gasteiger partial charge >= 0.3 is 0 Å². The first-order chi connectivity index (χ1) is 8.67. The zero-order chi connectivity index (χ0) is 14.7. The van der Waals surface area contributed by atoms with Crippen LogP contribution < -0.4 is 5.73 Å². The largest absolute Gasteiger partial charge is 0.338 e. The predicted octanol–water partition coefficient (Wildman–Crippen LogP) is 0.787. The molecule has 0 spiro atoms. The second kappa shape index (κ2) is 6.22. The van der Waals surface area contributed by atoms with Crippen LogP contribution in [0.15, 0.2) is 0 Å². The Morgan fingerprint density at radius 3 is 2.53 bits per heavy atom. The molecule has 1 saturated heterocycles. The molecule has 19 heavy (non-hydrogen) atoms. The van der Waals surface area contributed by atoms with Gasteiger partial charge in [0.25, 0.3) is 0 Å². The van der Waals surface area contributed by atoms with Crippen molar-refractivity contribution < 1.29 is 13.2 Å². The summed E-state index contributed by atoms with van der Waals surface area (Å²) in [5.74, 6) is 0.243. The highest BCUT2D eigenvalue weighted by Crippen LogP contribution is 2.26. The van der Waals surface area contributed by atoms with Crippen molar-refractivity contribution >= 4 is 15.7 Å². The van der Waals surface area contributed by atoms with Gasteiger partial charge in [0, 0.05) is 19.0 Å². The third kappa shape index (κ3) is 5.10. The van der Waals surface area contributed by atoms with Crippen LogP contribution in [-0.4, -0.2) is 49.9 Å². The van der Waals surface area contributed by atoms with Crippen LogP contribution in [0, 0.1) is 5.41 Å². The van der Waals surface area contributed by atoms with Crippen molar-refractivity contribution in [3.63, 3.8) is 0 Å². The van der Waals surface area contributed by atoms with Crippen molar-refractivity contribution in [1.82, 2.24) is 4.90 Å². The number of sulfone groups is 1. The van der Waals surface area contributed by atoms with Crippen LogP contribution in [0.1, 0.15) is 40.0 Å². The summed E-state index contributed by atoms with van der Waals surface area (Å²) >= 11 is 0. The van der Waals surface area contributed by atoms with E-state index >= 15 is 0 Å². The van der Waals surface area contributed by atoms with Crippen LogP contribution in [0.25, 0.3) is 0 Å². The third-order valence-corrected chi connectivity index (χ3v) is 5.62. The molecule has 0 aromatic carbocycles. The van der Waals surface area contributed by atoms with Gasteiger partial charge < -0.3 is 10.6 Å². The summed E-state index contributed by atoms with van der Waals surface area (Å²) in [5, 5.41) is 0. The number of carbonyl (C=O) groups excluding carboxylic acids is 1. The van der Waals surface area contributed by atoms with Crippen molar-refractivity contribution in [1.29, 1.82) is 0 Å². The average Bonchev–Trinajstić information content (AvgIpc) is 2.25. The fourth-order valence-corrected chi connectivity index (χ4v) is 4.03. The number of nitrogens with two attached hydrogens (primary N) is 1. The van der Waals surface area contributed by atoms with E-state index < -0.39 is 9.84 Å². The quantitative estimate of drug-likeness (QED) is 0.811. The monoisotopic (exact) mass is 290 g/mol. The molecule has 5 nitrogen and oxygen atoms in total. The van der Waals surface area contributed by atoms with Gasteiger partial charge in [-0.05, 0) is 31.7 Å². The van der Waals surface area contributed by atoms with E-state index in [1.807, 2.05) is 0 Å². The van der Waals surface area contributed by atoms with Crippen LogP contribution in [0.5, 0.6) is 0 Å². The maximum Gasteiger partial charge on any atom is 0.222 e. The Labute approximate surface area is 116 Å². The Balaban J connectivity index is 2.51. The van der Waals surface area contributed by atoms with Gasteiger partial charge in [-0.15, -0.1) is 0 Å². The van der Waals surface area contributed by atoms with Crippen molar-refractivity contribution in [2.24, 2.45) is 11.1 Å². The Morgan fingerprint density at radius 1 is 1.37 bits per heavy atom. The Hall–Kier alpha value is -0.620. The predicted molar refractivity (Wildman–Crippen MR) is 76.5 cm³/mol. The molecule has 1 unspecified atom stereocenters. The second-order valence-corrected chi connectivity index (χ2v) is 8.48. The fraction of sp³-hybridized carbons (Fsp3) is 0.923. The van der Waals surface area contributed by atoms with E-state index in [2.05, 4.69) is 13.8 Å². The van der Waals surface area contributed by atoms with E-state index in [0.29, 0.717) is 19.5 Å². The SMILES string of the molecule is CC1CS(=O)(=O)CCN1C(=O)CCC(C)(C)CCN. The number of hydrogen-bond donors (Lipinski definition) is 1. The summed E-state index contributed by atoms with van der Waals surface area (Å²) in [6.45, 7) is 6.98. The van der Waals surface area contributed by atoms with E-state index in [1.54, 1.807) is 11.8 Å². The fourth-order valence-electron chi connectivity index (χ4n) is 2.47. The van der Waals surface area contributed by atoms with Crippen molar-refractivity contribution in [2.75, 3.05) is 24.6 Å². The van der Waals surface area contributed by atoms with E-state index in [0.717, 1.165) is 12.8 Å². The topological polar surface area (TPSA) is 80.5 Å². The molecule has 1 amide bonds. The van der Waals surface area contributed by atoms with Gasteiger partial charge in [0.2, 0.25) is 5.91 Å². The minimum atomic E-state index is -2.96. The Bertz CT molecular complexity index is 418. The minimum Gasteiger partial charge on any atom is -0.338 e.